The molecule has 21 heteroatoms. The first kappa shape index (κ1) is 28.9. The van der Waals surface area contributed by atoms with Crippen molar-refractivity contribution in [1.29, 1.82) is 0 Å². The van der Waals surface area contributed by atoms with Gasteiger partial charge in [-0.25, -0.2) is 28.3 Å². The number of nitrogen functional groups attached to an aromatic ring is 2. The van der Waals surface area contributed by atoms with Gasteiger partial charge in [-0.2, -0.15) is 4.98 Å². The standard InChI is InChI=1S/C21H24F2N9O8PS/c22-7-2-31(17-12(7)16(24)26-5-27-17)11-1-8(34)10(38-11)4-37-41(36,42)40-15-13(23)9(3-33)39-20(15)32-6-28-14-18(32)29-21(25)30-19(14)35/h2,5-6,8-11,13,15,20,33-34H,1,3-4H2,(H,36,42)(H2,24,26,27)(H3,25,29,30,35)/t8-,9+,10+,11+,13+,15+,20+,41?/m0/s1. The molecule has 7 N–H and O–H groups in total. The SMILES string of the molecule is Nc1nc2c(ncn2[C@@H]2O[C@H](CO)[C@@H](F)[C@H]2OP(=O)(S)OC[C@H]2O[C@@H](n3cc(F)c4c(N)ncnc43)C[C@@H]2O)c(=O)[nH]1. The summed E-state index contributed by atoms with van der Waals surface area (Å²) in [6.07, 6.45) is -6.24. The fourth-order valence-corrected chi connectivity index (χ4v) is 6.43. The van der Waals surface area contributed by atoms with E-state index in [1.165, 1.54) is 4.57 Å². The quantitative estimate of drug-likeness (QED) is 0.112. The van der Waals surface area contributed by atoms with Crippen LogP contribution >= 0.6 is 19.0 Å². The fraction of sp³-hybridized carbons (Fsp3) is 0.476. The molecule has 1 unspecified atom stereocenters. The van der Waals surface area contributed by atoms with Gasteiger partial charge in [0.1, 0.15) is 36.7 Å². The van der Waals surface area contributed by atoms with E-state index in [-0.39, 0.29) is 40.4 Å². The van der Waals surface area contributed by atoms with E-state index in [4.69, 9.17) is 30.0 Å². The van der Waals surface area contributed by atoms with Gasteiger partial charge in [0.05, 0.1) is 31.0 Å². The van der Waals surface area contributed by atoms with Crippen LogP contribution in [-0.4, -0.2) is 88.1 Å². The molecule has 8 atom stereocenters. The normalized spacial score (nSPS) is 29.5. The fourth-order valence-electron chi connectivity index (χ4n) is 4.98. The van der Waals surface area contributed by atoms with Gasteiger partial charge in [-0.05, 0) is 0 Å². The number of anilines is 2. The van der Waals surface area contributed by atoms with Gasteiger partial charge < -0.3 is 35.7 Å². The molecule has 42 heavy (non-hydrogen) atoms. The number of alkyl halides is 1. The van der Waals surface area contributed by atoms with Crippen LogP contribution in [0.1, 0.15) is 18.9 Å². The number of aliphatic hydroxyl groups is 2. The molecule has 2 saturated heterocycles. The number of halogens is 2. The summed E-state index contributed by atoms with van der Waals surface area (Å²) >= 11 is 3.95. The Labute approximate surface area is 238 Å². The van der Waals surface area contributed by atoms with Gasteiger partial charge in [-0.3, -0.25) is 23.4 Å². The maximum atomic E-state index is 15.3. The third-order valence-corrected chi connectivity index (χ3v) is 8.55. The highest BCUT2D eigenvalue weighted by molar-refractivity contribution is 8.44. The number of hydrogen-bond donors (Lipinski definition) is 6. The Kier molecular flexibility index (Phi) is 7.42. The lowest BCUT2D eigenvalue weighted by Gasteiger charge is -2.25. The number of ether oxygens (including phenoxy) is 2. The number of rotatable bonds is 8. The number of hydrogen-bond acceptors (Lipinski definition) is 14. The van der Waals surface area contributed by atoms with E-state index >= 15 is 4.39 Å². The molecule has 6 rings (SSSR count). The lowest BCUT2D eigenvalue weighted by Crippen LogP contribution is -2.32. The lowest BCUT2D eigenvalue weighted by atomic mass is 10.1. The van der Waals surface area contributed by atoms with Crippen molar-refractivity contribution < 1.29 is 42.1 Å². The van der Waals surface area contributed by atoms with Crippen molar-refractivity contribution in [3.63, 3.8) is 0 Å². The Hall–Kier alpha value is -3.23. The van der Waals surface area contributed by atoms with Crippen molar-refractivity contribution in [3.8, 4) is 0 Å². The van der Waals surface area contributed by atoms with E-state index in [9.17, 15) is 24.0 Å². The van der Waals surface area contributed by atoms with Gasteiger partial charge in [0, 0.05) is 12.6 Å². The Morgan fingerprint density at radius 1 is 1.21 bits per heavy atom. The van der Waals surface area contributed by atoms with Crippen molar-refractivity contribution >= 4 is 53.0 Å². The van der Waals surface area contributed by atoms with Crippen LogP contribution in [0.4, 0.5) is 20.5 Å². The minimum Gasteiger partial charge on any atom is -0.394 e. The number of imidazole rings is 1. The van der Waals surface area contributed by atoms with Gasteiger partial charge in [0.25, 0.3) is 5.56 Å². The van der Waals surface area contributed by atoms with Crippen molar-refractivity contribution in [3.05, 3.63) is 35.0 Å². The molecule has 226 valence electrons. The Balaban J connectivity index is 1.18. The third-order valence-electron chi connectivity index (χ3n) is 6.93. The highest BCUT2D eigenvalue weighted by atomic mass is 32.7. The topological polar surface area (TPSA) is 241 Å². The predicted octanol–water partition coefficient (Wildman–Crippen LogP) is 0.184. The Morgan fingerprint density at radius 2 is 2.00 bits per heavy atom. The monoisotopic (exact) mass is 631 g/mol. The second-order valence-electron chi connectivity index (χ2n) is 9.58. The van der Waals surface area contributed by atoms with E-state index in [2.05, 4.69) is 37.2 Å². The van der Waals surface area contributed by atoms with Crippen molar-refractivity contribution in [2.24, 2.45) is 0 Å². The Morgan fingerprint density at radius 3 is 2.76 bits per heavy atom. The zero-order chi connectivity index (χ0) is 29.9. The number of aliphatic hydroxyl groups excluding tert-OH is 2. The molecule has 0 amide bonds. The summed E-state index contributed by atoms with van der Waals surface area (Å²) in [5.41, 5.74) is 10.6. The van der Waals surface area contributed by atoms with E-state index in [1.54, 1.807) is 0 Å². The zero-order valence-corrected chi connectivity index (χ0v) is 23.0. The molecule has 2 aliphatic rings. The summed E-state index contributed by atoms with van der Waals surface area (Å²) in [4.78, 5) is 30.2. The van der Waals surface area contributed by atoms with Gasteiger partial charge >= 0.3 is 6.80 Å². The molecular weight excluding hydrogens is 607 g/mol. The van der Waals surface area contributed by atoms with Crippen molar-refractivity contribution in [2.75, 3.05) is 24.7 Å². The highest BCUT2D eigenvalue weighted by Gasteiger charge is 2.50. The minimum atomic E-state index is -4.40. The van der Waals surface area contributed by atoms with Crippen LogP contribution < -0.4 is 17.0 Å². The molecule has 2 aliphatic heterocycles. The summed E-state index contributed by atoms with van der Waals surface area (Å²) < 4.78 is 67.6. The minimum absolute atomic E-state index is 0.00740. The summed E-state index contributed by atoms with van der Waals surface area (Å²) in [7, 11) is 0. The lowest BCUT2D eigenvalue weighted by molar-refractivity contribution is -0.0522. The van der Waals surface area contributed by atoms with Gasteiger partial charge in [-0.1, -0.05) is 12.2 Å². The average molecular weight is 632 g/mol. The van der Waals surface area contributed by atoms with E-state index < -0.39 is 74.4 Å². The maximum absolute atomic E-state index is 15.3. The molecule has 0 aromatic carbocycles. The average Bonchev–Trinajstić information content (AvgIpc) is 3.68. The molecule has 0 spiro atoms. The van der Waals surface area contributed by atoms with E-state index in [1.807, 2.05) is 0 Å². The van der Waals surface area contributed by atoms with Crippen LogP contribution in [0.25, 0.3) is 22.2 Å². The van der Waals surface area contributed by atoms with Crippen LogP contribution in [0, 0.1) is 5.82 Å². The first-order valence-electron chi connectivity index (χ1n) is 12.4. The van der Waals surface area contributed by atoms with Crippen LogP contribution in [0.2, 0.25) is 0 Å². The molecule has 17 nitrogen and oxygen atoms in total. The molecule has 0 radical (unpaired) electrons. The van der Waals surface area contributed by atoms with Gasteiger partial charge in [0.2, 0.25) is 5.95 Å². The van der Waals surface area contributed by atoms with Crippen molar-refractivity contribution in [1.82, 2.24) is 34.1 Å². The molecule has 0 saturated carbocycles. The second-order valence-corrected chi connectivity index (χ2v) is 12.5. The molecule has 4 aromatic heterocycles. The number of nitrogens with zero attached hydrogens (tertiary/aromatic N) is 6. The summed E-state index contributed by atoms with van der Waals surface area (Å²) in [5.74, 6) is -0.998. The van der Waals surface area contributed by atoms with Crippen molar-refractivity contribution in [2.45, 2.75) is 49.5 Å². The van der Waals surface area contributed by atoms with Crippen LogP contribution in [0.3, 0.4) is 0 Å². The van der Waals surface area contributed by atoms with Gasteiger partial charge in [-0.15, -0.1) is 0 Å². The second kappa shape index (κ2) is 10.8. The smallest absolute Gasteiger partial charge is 0.386 e. The first-order valence-corrected chi connectivity index (χ1v) is 15.1. The first-order chi connectivity index (χ1) is 20.0. The zero-order valence-electron chi connectivity index (χ0n) is 21.2. The number of nitrogens with two attached hydrogens (primary N) is 2. The third kappa shape index (κ3) is 5.02. The number of aromatic amines is 1. The number of thiol groups is 1. The molecule has 6 heterocycles. The summed E-state index contributed by atoms with van der Waals surface area (Å²) in [6.45, 7) is -5.67. The summed E-state index contributed by atoms with van der Waals surface area (Å²) in [5, 5.41) is 20.2. The predicted molar refractivity (Wildman–Crippen MR) is 142 cm³/mol. The van der Waals surface area contributed by atoms with Crippen LogP contribution in [0.15, 0.2) is 23.6 Å². The van der Waals surface area contributed by atoms with E-state index in [0.717, 1.165) is 23.4 Å². The maximum Gasteiger partial charge on any atom is 0.386 e. The number of fused-ring (bicyclic) bond motifs is 2. The molecule has 4 aromatic rings. The molecule has 2 fully saturated rings. The van der Waals surface area contributed by atoms with E-state index in [0.29, 0.717) is 0 Å². The largest absolute Gasteiger partial charge is 0.394 e. The molecular formula is C21H24F2N9O8PS. The molecule has 0 bridgehead atoms. The number of H-pyrrole nitrogens is 1. The summed E-state index contributed by atoms with van der Waals surface area (Å²) in [6, 6.07) is 0. The van der Waals surface area contributed by atoms with Gasteiger partial charge in [0.15, 0.2) is 35.0 Å². The Bertz CT molecular complexity index is 1760. The van der Waals surface area contributed by atoms with Crippen LogP contribution in [-0.2, 0) is 23.1 Å². The molecule has 0 aliphatic carbocycles. The van der Waals surface area contributed by atoms with Crippen LogP contribution in [0.5, 0.6) is 0 Å². The number of nitrogens with one attached hydrogen (secondary N) is 1. The number of aromatic nitrogens is 7. The highest BCUT2D eigenvalue weighted by Crippen LogP contribution is 2.57.